The van der Waals surface area contributed by atoms with Crippen LogP contribution in [0.4, 0.5) is 0 Å². The molecule has 5 aromatic carbocycles. The zero-order valence-electron chi connectivity index (χ0n) is 22.5. The molecule has 0 radical (unpaired) electrons. The molecule has 41 heavy (non-hydrogen) atoms. The van der Waals surface area contributed by atoms with Crippen molar-refractivity contribution < 1.29 is 0 Å². The highest BCUT2D eigenvalue weighted by Crippen LogP contribution is 2.51. The maximum atomic E-state index is 9.46. The van der Waals surface area contributed by atoms with Gasteiger partial charge in [0.25, 0.3) is 0 Å². The highest BCUT2D eigenvalue weighted by Gasteiger charge is 2.35. The molecule has 1 aromatic heterocycles. The summed E-state index contributed by atoms with van der Waals surface area (Å²) in [5.41, 5.74) is 12.2. The van der Waals surface area contributed by atoms with Gasteiger partial charge in [0, 0.05) is 15.2 Å². The van der Waals surface area contributed by atoms with Crippen LogP contribution in [-0.2, 0) is 5.41 Å². The van der Waals surface area contributed by atoms with Gasteiger partial charge in [-0.15, -0.1) is 0 Å². The third-order valence-corrected chi connectivity index (χ3v) is 10.5. The summed E-state index contributed by atoms with van der Waals surface area (Å²) in [6, 6.07) is 38.7. The smallest absolute Gasteiger partial charge is 0.134 e. The Labute approximate surface area is 247 Å². The molecule has 8 rings (SSSR count). The van der Waals surface area contributed by atoms with Crippen molar-refractivity contribution in [1.82, 2.24) is 9.97 Å². The van der Waals surface area contributed by atoms with Gasteiger partial charge in [-0.1, -0.05) is 92.0 Å². The molecule has 2 heterocycles. The SMILES string of the molecule is CC1(C)c2cc(C#N)ccc2-c2ccc(-c3cccc(-c4ccc5c(c4)Sc4nc6ccccc6nc4S5)c3)cc21. The first kappa shape index (κ1) is 24.4. The van der Waals surface area contributed by atoms with Gasteiger partial charge in [0.15, 0.2) is 0 Å². The Bertz CT molecular complexity index is 2110. The molecule has 1 aliphatic heterocycles. The second-order valence-electron chi connectivity index (χ2n) is 11.0. The van der Waals surface area contributed by atoms with E-state index < -0.39 is 0 Å². The van der Waals surface area contributed by atoms with Crippen LogP contribution < -0.4 is 0 Å². The van der Waals surface area contributed by atoms with E-state index in [1.54, 1.807) is 23.5 Å². The van der Waals surface area contributed by atoms with E-state index in [-0.39, 0.29) is 5.41 Å². The molecule has 0 saturated heterocycles. The minimum atomic E-state index is -0.164. The first-order chi connectivity index (χ1) is 20.0. The van der Waals surface area contributed by atoms with Crippen LogP contribution in [0, 0.1) is 11.3 Å². The van der Waals surface area contributed by atoms with Gasteiger partial charge in [-0.05, 0) is 93.0 Å². The van der Waals surface area contributed by atoms with E-state index in [2.05, 4.69) is 92.7 Å². The molecular weight excluding hydrogens is 539 g/mol. The summed E-state index contributed by atoms with van der Waals surface area (Å²) < 4.78 is 0. The molecule has 5 heteroatoms. The van der Waals surface area contributed by atoms with Crippen molar-refractivity contribution in [3.05, 3.63) is 120 Å². The average molecular weight is 562 g/mol. The van der Waals surface area contributed by atoms with Crippen LogP contribution >= 0.6 is 23.5 Å². The van der Waals surface area contributed by atoms with Crippen molar-refractivity contribution >= 4 is 34.6 Å². The summed E-state index contributed by atoms with van der Waals surface area (Å²) >= 11 is 3.40. The first-order valence-electron chi connectivity index (χ1n) is 13.5. The molecule has 0 atom stereocenters. The number of nitrogens with zero attached hydrogens (tertiary/aromatic N) is 3. The van der Waals surface area contributed by atoms with E-state index in [4.69, 9.17) is 9.97 Å². The Morgan fingerprint density at radius 1 is 0.585 bits per heavy atom. The number of fused-ring (bicyclic) bond motifs is 6. The Hall–Kier alpha value is -4.37. The van der Waals surface area contributed by atoms with Crippen molar-refractivity contribution in [2.45, 2.75) is 39.1 Å². The van der Waals surface area contributed by atoms with Crippen LogP contribution in [0.3, 0.4) is 0 Å². The van der Waals surface area contributed by atoms with Crippen LogP contribution in [0.2, 0.25) is 0 Å². The summed E-state index contributed by atoms with van der Waals surface area (Å²) in [5, 5.41) is 11.4. The van der Waals surface area contributed by atoms with E-state index in [1.165, 1.54) is 54.3 Å². The molecule has 0 N–H and O–H groups in total. The third kappa shape index (κ3) is 3.90. The largest absolute Gasteiger partial charge is 0.237 e. The van der Waals surface area contributed by atoms with Crippen molar-refractivity contribution in [3.63, 3.8) is 0 Å². The lowest BCUT2D eigenvalue weighted by Gasteiger charge is -2.22. The number of hydrogen-bond donors (Lipinski definition) is 0. The van der Waals surface area contributed by atoms with Crippen molar-refractivity contribution in [1.29, 1.82) is 5.26 Å². The molecule has 0 bridgehead atoms. The number of hydrogen-bond acceptors (Lipinski definition) is 5. The molecule has 0 fully saturated rings. The molecule has 0 unspecified atom stereocenters. The van der Waals surface area contributed by atoms with Crippen molar-refractivity contribution in [2.24, 2.45) is 0 Å². The lowest BCUT2D eigenvalue weighted by Crippen LogP contribution is -2.15. The van der Waals surface area contributed by atoms with Gasteiger partial charge in [0.1, 0.15) is 10.1 Å². The predicted octanol–water partition coefficient (Wildman–Crippen LogP) is 9.76. The number of aromatic nitrogens is 2. The Morgan fingerprint density at radius 3 is 1.88 bits per heavy atom. The lowest BCUT2D eigenvalue weighted by atomic mass is 9.81. The molecule has 0 amide bonds. The van der Waals surface area contributed by atoms with Gasteiger partial charge in [0.05, 0.1) is 22.7 Å². The predicted molar refractivity (Wildman–Crippen MR) is 167 cm³/mol. The number of rotatable bonds is 2. The number of benzene rings is 5. The highest BCUT2D eigenvalue weighted by atomic mass is 32.2. The molecule has 1 aliphatic carbocycles. The lowest BCUT2D eigenvalue weighted by molar-refractivity contribution is 0.660. The fourth-order valence-electron chi connectivity index (χ4n) is 6.03. The first-order valence-corrected chi connectivity index (χ1v) is 15.2. The normalized spacial score (nSPS) is 14.1. The van der Waals surface area contributed by atoms with E-state index in [9.17, 15) is 5.26 Å². The fraction of sp³-hybridized carbons (Fsp3) is 0.0833. The maximum Gasteiger partial charge on any atom is 0.134 e. The molecule has 3 nitrogen and oxygen atoms in total. The van der Waals surface area contributed by atoms with Crippen LogP contribution in [0.5, 0.6) is 0 Å². The minimum Gasteiger partial charge on any atom is -0.237 e. The van der Waals surface area contributed by atoms with E-state index >= 15 is 0 Å². The summed E-state index contributed by atoms with van der Waals surface area (Å²) in [6.45, 7) is 4.51. The zero-order chi connectivity index (χ0) is 27.7. The zero-order valence-corrected chi connectivity index (χ0v) is 24.1. The number of nitriles is 1. The van der Waals surface area contributed by atoms with E-state index in [0.29, 0.717) is 5.56 Å². The Morgan fingerprint density at radius 2 is 1.17 bits per heavy atom. The second-order valence-corrected chi connectivity index (χ2v) is 13.1. The van der Waals surface area contributed by atoms with Gasteiger partial charge >= 0.3 is 0 Å². The molecular formula is C36H23N3S2. The minimum absolute atomic E-state index is 0.164. The van der Waals surface area contributed by atoms with Crippen LogP contribution in [-0.4, -0.2) is 9.97 Å². The van der Waals surface area contributed by atoms with E-state index in [0.717, 1.165) is 21.1 Å². The fourth-order valence-corrected chi connectivity index (χ4v) is 8.15. The molecule has 0 saturated carbocycles. The maximum absolute atomic E-state index is 9.46. The summed E-state index contributed by atoms with van der Waals surface area (Å²) in [6.07, 6.45) is 0. The van der Waals surface area contributed by atoms with Crippen LogP contribution in [0.15, 0.2) is 123 Å². The Kier molecular flexibility index (Phi) is 5.41. The summed E-state index contributed by atoms with van der Waals surface area (Å²) in [5.74, 6) is 0. The molecule has 6 aromatic rings. The summed E-state index contributed by atoms with van der Waals surface area (Å²) in [4.78, 5) is 12.2. The number of para-hydroxylation sites is 2. The van der Waals surface area contributed by atoms with Gasteiger partial charge in [-0.25, -0.2) is 9.97 Å². The van der Waals surface area contributed by atoms with Crippen LogP contribution in [0.1, 0.15) is 30.5 Å². The van der Waals surface area contributed by atoms with Gasteiger partial charge in [0.2, 0.25) is 0 Å². The topological polar surface area (TPSA) is 49.6 Å². The third-order valence-electron chi connectivity index (χ3n) is 8.20. The van der Waals surface area contributed by atoms with Gasteiger partial charge < -0.3 is 0 Å². The Balaban J connectivity index is 1.14. The van der Waals surface area contributed by atoms with E-state index in [1.807, 2.05) is 30.3 Å². The highest BCUT2D eigenvalue weighted by molar-refractivity contribution is 8.05. The molecule has 0 spiro atoms. The standard InChI is InChI=1S/C36H23N3S2/c1-36(2)28-16-21(20-37)10-13-26(28)27-14-11-24(18-29(27)36)22-6-5-7-23(17-22)25-12-15-32-33(19-25)41-35-34(40-32)38-30-8-3-4-9-31(30)39-35/h3-19H,1-2H3. The average Bonchev–Trinajstić information content (AvgIpc) is 3.24. The molecule has 194 valence electrons. The second kappa shape index (κ2) is 9.07. The van der Waals surface area contributed by atoms with Gasteiger partial charge in [-0.2, -0.15) is 5.26 Å². The summed E-state index contributed by atoms with van der Waals surface area (Å²) in [7, 11) is 0. The van der Waals surface area contributed by atoms with Crippen LogP contribution in [0.25, 0.3) is 44.4 Å². The van der Waals surface area contributed by atoms with Crippen molar-refractivity contribution in [3.8, 4) is 39.4 Å². The van der Waals surface area contributed by atoms with Gasteiger partial charge in [-0.3, -0.25) is 0 Å². The molecule has 2 aliphatic rings. The van der Waals surface area contributed by atoms with Crippen molar-refractivity contribution in [2.75, 3.05) is 0 Å². The monoisotopic (exact) mass is 561 g/mol. The quantitative estimate of drug-likeness (QED) is 0.210.